The number of nitro groups is 1. The van der Waals surface area contributed by atoms with Gasteiger partial charge in [0.05, 0.1) is 28.9 Å². The number of nitrogens with zero attached hydrogens (tertiary/aromatic N) is 7. The van der Waals surface area contributed by atoms with Crippen LogP contribution in [0.2, 0.25) is 0 Å². The molecule has 0 amide bonds. The van der Waals surface area contributed by atoms with E-state index in [-0.39, 0.29) is 12.4 Å². The first-order valence-corrected chi connectivity index (χ1v) is 6.12. The fraction of sp³-hybridized carbons (Fsp3) is 0.273. The zero-order valence-electron chi connectivity index (χ0n) is 11.4. The topological polar surface area (TPSA) is 117 Å². The molecule has 0 aliphatic heterocycles. The number of fused-ring (bicyclic) bond motifs is 1. The van der Waals surface area contributed by atoms with Crippen molar-refractivity contribution in [3.63, 3.8) is 0 Å². The largest absolute Gasteiger partial charge is 0.389 e. The molecular formula is C11H12N8O2. The van der Waals surface area contributed by atoms with Gasteiger partial charge < -0.3 is 15.4 Å². The summed E-state index contributed by atoms with van der Waals surface area (Å²) in [5, 5.41) is 22.4. The second kappa shape index (κ2) is 4.81. The summed E-state index contributed by atoms with van der Waals surface area (Å²) in [6.07, 6.45) is 3.21. The molecule has 3 aromatic rings. The molecule has 3 aromatic heterocycles. The number of hydrogen-bond acceptors (Lipinski definition) is 7. The zero-order chi connectivity index (χ0) is 15.0. The van der Waals surface area contributed by atoms with Crippen LogP contribution < -0.4 is 5.32 Å². The van der Waals surface area contributed by atoms with Gasteiger partial charge in [0.25, 0.3) is 0 Å². The number of anilines is 1. The molecule has 0 fully saturated rings. The van der Waals surface area contributed by atoms with Crippen LogP contribution in [0.3, 0.4) is 0 Å². The van der Waals surface area contributed by atoms with Crippen molar-refractivity contribution in [2.24, 2.45) is 7.05 Å². The lowest BCUT2D eigenvalue weighted by Crippen LogP contribution is -2.08. The maximum atomic E-state index is 10.6. The Kier molecular flexibility index (Phi) is 2.97. The van der Waals surface area contributed by atoms with E-state index in [0.717, 1.165) is 5.39 Å². The van der Waals surface area contributed by atoms with Gasteiger partial charge in [-0.2, -0.15) is 9.78 Å². The molecule has 0 radical (unpaired) electrons. The van der Waals surface area contributed by atoms with E-state index < -0.39 is 4.92 Å². The highest BCUT2D eigenvalue weighted by atomic mass is 16.6. The lowest BCUT2D eigenvalue weighted by molar-refractivity contribution is -0.389. The molecule has 10 nitrogen and oxygen atoms in total. The number of nitrogens with one attached hydrogen (secondary N) is 1. The summed E-state index contributed by atoms with van der Waals surface area (Å²) in [5.74, 6) is 0.948. The fourth-order valence-electron chi connectivity index (χ4n) is 2.01. The van der Waals surface area contributed by atoms with Gasteiger partial charge in [0.1, 0.15) is 12.4 Å². The Morgan fingerprint density at radius 1 is 1.43 bits per heavy atom. The lowest BCUT2D eigenvalue weighted by Gasteiger charge is -2.04. The third-order valence-corrected chi connectivity index (χ3v) is 2.99. The first-order chi connectivity index (χ1) is 10.1. The first kappa shape index (κ1) is 13.0. The maximum Gasteiger partial charge on any atom is 0.389 e. The Morgan fingerprint density at radius 2 is 2.24 bits per heavy atom. The molecule has 0 unspecified atom stereocenters. The Balaban J connectivity index is 1.99. The van der Waals surface area contributed by atoms with E-state index in [1.807, 2.05) is 0 Å². The Morgan fingerprint density at radius 3 is 2.90 bits per heavy atom. The molecule has 0 aliphatic rings. The van der Waals surface area contributed by atoms with Crippen molar-refractivity contribution < 1.29 is 4.92 Å². The third-order valence-electron chi connectivity index (χ3n) is 2.99. The van der Waals surface area contributed by atoms with Gasteiger partial charge in [-0.1, -0.05) is 0 Å². The van der Waals surface area contributed by atoms with Crippen molar-refractivity contribution in [1.82, 2.24) is 29.5 Å². The van der Waals surface area contributed by atoms with Crippen LogP contribution in [0.1, 0.15) is 5.82 Å². The van der Waals surface area contributed by atoms with Crippen LogP contribution in [0.15, 0.2) is 18.5 Å². The minimum atomic E-state index is -0.541. The number of rotatable bonds is 4. The molecule has 3 heterocycles. The molecule has 0 bridgehead atoms. The summed E-state index contributed by atoms with van der Waals surface area (Å²) in [4.78, 5) is 18.9. The van der Waals surface area contributed by atoms with Crippen molar-refractivity contribution in [3.05, 3.63) is 34.4 Å². The SMILES string of the molecule is CNc1nc(Cn2ccc([N+](=O)[O-])n2)nc2c1cnn2C. The summed E-state index contributed by atoms with van der Waals surface area (Å²) in [6, 6.07) is 1.33. The van der Waals surface area contributed by atoms with E-state index in [9.17, 15) is 10.1 Å². The van der Waals surface area contributed by atoms with Gasteiger partial charge in [0.2, 0.25) is 0 Å². The average molecular weight is 288 g/mol. The monoisotopic (exact) mass is 288 g/mol. The lowest BCUT2D eigenvalue weighted by atomic mass is 10.4. The molecule has 0 saturated heterocycles. The maximum absolute atomic E-state index is 10.6. The van der Waals surface area contributed by atoms with Crippen LogP contribution in [-0.2, 0) is 13.6 Å². The molecule has 0 aliphatic carbocycles. The molecule has 1 N–H and O–H groups in total. The third kappa shape index (κ3) is 2.26. The fourth-order valence-corrected chi connectivity index (χ4v) is 2.01. The van der Waals surface area contributed by atoms with Gasteiger partial charge in [0.15, 0.2) is 11.5 Å². The van der Waals surface area contributed by atoms with Gasteiger partial charge in [0, 0.05) is 14.1 Å². The second-order valence-corrected chi connectivity index (χ2v) is 4.37. The molecule has 0 atom stereocenters. The van der Waals surface area contributed by atoms with E-state index in [2.05, 4.69) is 25.5 Å². The van der Waals surface area contributed by atoms with Crippen LogP contribution >= 0.6 is 0 Å². The summed E-state index contributed by atoms with van der Waals surface area (Å²) < 4.78 is 3.07. The van der Waals surface area contributed by atoms with Crippen molar-refractivity contribution in [2.75, 3.05) is 12.4 Å². The van der Waals surface area contributed by atoms with Crippen molar-refractivity contribution in [1.29, 1.82) is 0 Å². The Bertz CT molecular complexity index is 821. The molecule has 0 saturated carbocycles. The molecule has 3 rings (SSSR count). The zero-order valence-corrected chi connectivity index (χ0v) is 11.4. The Hall–Kier alpha value is -3.04. The number of aryl methyl sites for hydroxylation is 1. The first-order valence-electron chi connectivity index (χ1n) is 6.12. The molecule has 0 aromatic carbocycles. The second-order valence-electron chi connectivity index (χ2n) is 4.37. The summed E-state index contributed by atoms with van der Waals surface area (Å²) in [5.41, 5.74) is 0.686. The van der Waals surface area contributed by atoms with Gasteiger partial charge in [-0.15, -0.1) is 0 Å². The minimum absolute atomic E-state index is 0.203. The highest BCUT2D eigenvalue weighted by molar-refractivity contribution is 5.86. The summed E-state index contributed by atoms with van der Waals surface area (Å²) in [7, 11) is 3.55. The van der Waals surface area contributed by atoms with Crippen LogP contribution in [0, 0.1) is 10.1 Å². The molecule has 108 valence electrons. The standard InChI is InChI=1S/C11H12N8O2/c1-12-10-7-5-13-17(2)11(7)15-8(14-10)6-18-4-3-9(16-18)19(20)21/h3-5H,6H2,1-2H3,(H,12,14,15). The van der Waals surface area contributed by atoms with Crippen LogP contribution in [0.25, 0.3) is 11.0 Å². The van der Waals surface area contributed by atoms with Crippen molar-refractivity contribution in [2.45, 2.75) is 6.54 Å². The average Bonchev–Trinajstić information content (AvgIpc) is 3.06. The van der Waals surface area contributed by atoms with Crippen molar-refractivity contribution >= 4 is 22.7 Å². The van der Waals surface area contributed by atoms with E-state index in [1.165, 1.54) is 16.9 Å². The number of aromatic nitrogens is 6. The van der Waals surface area contributed by atoms with E-state index in [4.69, 9.17) is 0 Å². The smallest absolute Gasteiger partial charge is 0.372 e. The molecule has 21 heavy (non-hydrogen) atoms. The highest BCUT2D eigenvalue weighted by Gasteiger charge is 2.14. The minimum Gasteiger partial charge on any atom is -0.372 e. The normalized spacial score (nSPS) is 11.0. The molecular weight excluding hydrogens is 276 g/mol. The molecule has 10 heteroatoms. The summed E-state index contributed by atoms with van der Waals surface area (Å²) >= 11 is 0. The number of hydrogen-bond donors (Lipinski definition) is 1. The van der Waals surface area contributed by atoms with Crippen LogP contribution in [0.5, 0.6) is 0 Å². The summed E-state index contributed by atoms with van der Waals surface area (Å²) in [6.45, 7) is 0.240. The quantitative estimate of drug-likeness (QED) is 0.550. The highest BCUT2D eigenvalue weighted by Crippen LogP contribution is 2.19. The predicted molar refractivity (Wildman–Crippen MR) is 73.8 cm³/mol. The van der Waals surface area contributed by atoms with E-state index >= 15 is 0 Å². The van der Waals surface area contributed by atoms with Gasteiger partial charge in [-0.25, -0.2) is 9.97 Å². The predicted octanol–water partition coefficient (Wildman–Crippen LogP) is 0.558. The van der Waals surface area contributed by atoms with Crippen LogP contribution in [-0.4, -0.2) is 41.5 Å². The van der Waals surface area contributed by atoms with Crippen molar-refractivity contribution in [3.8, 4) is 0 Å². The van der Waals surface area contributed by atoms with E-state index in [1.54, 1.807) is 25.0 Å². The molecule has 0 spiro atoms. The van der Waals surface area contributed by atoms with Gasteiger partial charge in [-0.3, -0.25) is 4.68 Å². The van der Waals surface area contributed by atoms with Gasteiger partial charge >= 0.3 is 5.82 Å². The van der Waals surface area contributed by atoms with Crippen LogP contribution in [0.4, 0.5) is 11.6 Å². The van der Waals surface area contributed by atoms with E-state index in [0.29, 0.717) is 17.3 Å². The van der Waals surface area contributed by atoms with Gasteiger partial charge in [-0.05, 0) is 4.92 Å². The Labute approximate surface area is 118 Å².